The molecule has 0 amide bonds. The van der Waals surface area contributed by atoms with Gasteiger partial charge in [-0.1, -0.05) is 45.4 Å². The molecule has 102 valence electrons. The van der Waals surface area contributed by atoms with Gasteiger partial charge >= 0.3 is 0 Å². The Morgan fingerprint density at radius 3 is 2.39 bits per heavy atom. The number of rotatable bonds is 4. The first-order valence-electron chi connectivity index (χ1n) is 6.34. The van der Waals surface area contributed by atoms with Crippen molar-refractivity contribution in [3.63, 3.8) is 0 Å². The average molecular weight is 270 g/mol. The van der Waals surface area contributed by atoms with Crippen molar-refractivity contribution in [2.45, 2.75) is 40.2 Å². The molecule has 0 aliphatic carbocycles. The van der Waals surface area contributed by atoms with Crippen LogP contribution in [0.3, 0.4) is 0 Å². The van der Waals surface area contributed by atoms with E-state index < -0.39 is 0 Å². The normalized spacial score (nSPS) is 15.3. The van der Waals surface area contributed by atoms with E-state index in [9.17, 15) is 0 Å². The molecule has 2 atom stereocenters. The Morgan fingerprint density at radius 1 is 1.33 bits per heavy atom. The summed E-state index contributed by atoms with van der Waals surface area (Å²) in [6.45, 7) is 8.94. The van der Waals surface area contributed by atoms with E-state index in [1.807, 2.05) is 18.2 Å². The zero-order valence-corrected chi connectivity index (χ0v) is 12.7. The first kappa shape index (κ1) is 15.3. The maximum Gasteiger partial charge on any atom is 0.120 e. The molecule has 0 aromatic heterocycles. The highest BCUT2D eigenvalue weighted by atomic mass is 35.5. The summed E-state index contributed by atoms with van der Waals surface area (Å²) in [6, 6.07) is 5.65. The Labute approximate surface area is 115 Å². The molecular weight excluding hydrogens is 246 g/mol. The van der Waals surface area contributed by atoms with Gasteiger partial charge in [0.2, 0.25) is 0 Å². The second-order valence-electron chi connectivity index (χ2n) is 6.00. The number of nitrogens with two attached hydrogens (primary N) is 1. The van der Waals surface area contributed by atoms with Crippen LogP contribution in [0.25, 0.3) is 0 Å². The first-order valence-corrected chi connectivity index (χ1v) is 6.72. The summed E-state index contributed by atoms with van der Waals surface area (Å²) in [7, 11) is 1.63. The quantitative estimate of drug-likeness (QED) is 0.878. The van der Waals surface area contributed by atoms with Gasteiger partial charge in [-0.15, -0.1) is 0 Å². The van der Waals surface area contributed by atoms with Gasteiger partial charge in [0.1, 0.15) is 5.75 Å². The fourth-order valence-corrected chi connectivity index (χ4v) is 2.11. The highest BCUT2D eigenvalue weighted by Gasteiger charge is 2.23. The van der Waals surface area contributed by atoms with Crippen LogP contribution in [0.2, 0.25) is 5.02 Å². The molecule has 0 aliphatic heterocycles. The van der Waals surface area contributed by atoms with Crippen LogP contribution >= 0.6 is 11.6 Å². The van der Waals surface area contributed by atoms with Crippen molar-refractivity contribution < 1.29 is 4.74 Å². The lowest BCUT2D eigenvalue weighted by molar-refractivity contribution is 0.234. The van der Waals surface area contributed by atoms with Crippen LogP contribution in [0.15, 0.2) is 18.2 Å². The van der Waals surface area contributed by atoms with E-state index in [1.54, 1.807) is 7.11 Å². The lowest BCUT2D eigenvalue weighted by Crippen LogP contribution is -2.23. The monoisotopic (exact) mass is 269 g/mol. The summed E-state index contributed by atoms with van der Waals surface area (Å²) < 4.78 is 5.14. The van der Waals surface area contributed by atoms with Crippen molar-refractivity contribution in [3.05, 3.63) is 28.8 Å². The van der Waals surface area contributed by atoms with Crippen LogP contribution in [0.1, 0.15) is 45.7 Å². The number of ether oxygens (including phenoxy) is 1. The molecule has 0 saturated heterocycles. The van der Waals surface area contributed by atoms with E-state index in [-0.39, 0.29) is 11.5 Å². The van der Waals surface area contributed by atoms with Crippen LogP contribution < -0.4 is 10.5 Å². The van der Waals surface area contributed by atoms with E-state index in [2.05, 4.69) is 27.7 Å². The number of halogens is 1. The fourth-order valence-electron chi connectivity index (χ4n) is 1.80. The number of benzene rings is 1. The molecule has 0 bridgehead atoms. The van der Waals surface area contributed by atoms with Crippen molar-refractivity contribution in [2.75, 3.05) is 7.11 Å². The first-order chi connectivity index (χ1) is 8.25. The Balaban J connectivity index is 2.81. The summed E-state index contributed by atoms with van der Waals surface area (Å²) in [5.74, 6) is 1.30. The van der Waals surface area contributed by atoms with Gasteiger partial charge in [-0.25, -0.2) is 0 Å². The van der Waals surface area contributed by atoms with Crippen molar-refractivity contribution in [1.29, 1.82) is 0 Å². The molecular formula is C15H24ClNO. The van der Waals surface area contributed by atoms with Crippen molar-refractivity contribution in [2.24, 2.45) is 17.1 Å². The Hall–Kier alpha value is -0.730. The Morgan fingerprint density at radius 2 is 1.94 bits per heavy atom. The third-order valence-corrected chi connectivity index (χ3v) is 4.02. The average Bonchev–Trinajstić information content (AvgIpc) is 2.27. The molecule has 1 aromatic carbocycles. The van der Waals surface area contributed by atoms with Gasteiger partial charge < -0.3 is 10.5 Å². The highest BCUT2D eigenvalue weighted by molar-refractivity contribution is 6.31. The Kier molecular flexibility index (Phi) is 5.06. The van der Waals surface area contributed by atoms with Gasteiger partial charge in [-0.3, -0.25) is 0 Å². The van der Waals surface area contributed by atoms with E-state index in [0.717, 1.165) is 17.7 Å². The highest BCUT2D eigenvalue weighted by Crippen LogP contribution is 2.35. The number of hydrogen-bond donors (Lipinski definition) is 1. The molecule has 0 saturated carbocycles. The maximum atomic E-state index is 6.26. The van der Waals surface area contributed by atoms with Gasteiger partial charge in [0.05, 0.1) is 7.11 Å². The molecule has 18 heavy (non-hydrogen) atoms. The van der Waals surface area contributed by atoms with Crippen molar-refractivity contribution >= 4 is 11.6 Å². The van der Waals surface area contributed by atoms with Gasteiger partial charge in [-0.05, 0) is 35.4 Å². The van der Waals surface area contributed by atoms with E-state index in [0.29, 0.717) is 10.9 Å². The second kappa shape index (κ2) is 5.94. The summed E-state index contributed by atoms with van der Waals surface area (Å²) in [5, 5.41) is 0.683. The molecule has 0 aliphatic rings. The predicted octanol–water partition coefficient (Wildman–Crippen LogP) is 4.42. The number of methoxy groups -OCH3 is 1. The van der Waals surface area contributed by atoms with Crippen LogP contribution in [-0.4, -0.2) is 7.11 Å². The van der Waals surface area contributed by atoms with Crippen LogP contribution in [0.5, 0.6) is 5.75 Å². The molecule has 2 nitrogen and oxygen atoms in total. The third-order valence-electron chi connectivity index (χ3n) is 3.69. The SMILES string of the molecule is COc1ccc(C(N)CC(C)C(C)(C)C)c(Cl)c1. The van der Waals surface area contributed by atoms with Crippen LogP contribution in [-0.2, 0) is 0 Å². The zero-order chi connectivity index (χ0) is 13.9. The molecule has 2 N–H and O–H groups in total. The second-order valence-corrected chi connectivity index (χ2v) is 6.40. The molecule has 3 heteroatoms. The van der Waals surface area contributed by atoms with Crippen molar-refractivity contribution in [1.82, 2.24) is 0 Å². The molecule has 0 radical (unpaired) electrons. The third kappa shape index (κ3) is 3.89. The molecule has 2 unspecified atom stereocenters. The lowest BCUT2D eigenvalue weighted by atomic mass is 9.78. The van der Waals surface area contributed by atoms with Gasteiger partial charge in [0.15, 0.2) is 0 Å². The summed E-state index contributed by atoms with van der Waals surface area (Å²) in [5.41, 5.74) is 7.51. The predicted molar refractivity (Wildman–Crippen MR) is 78.2 cm³/mol. The van der Waals surface area contributed by atoms with E-state index in [1.165, 1.54) is 0 Å². The summed E-state index contributed by atoms with van der Waals surface area (Å²) in [4.78, 5) is 0. The van der Waals surface area contributed by atoms with E-state index >= 15 is 0 Å². The fraction of sp³-hybridized carbons (Fsp3) is 0.600. The zero-order valence-electron chi connectivity index (χ0n) is 12.0. The molecule has 0 heterocycles. The largest absolute Gasteiger partial charge is 0.497 e. The maximum absolute atomic E-state index is 6.26. The molecule has 0 spiro atoms. The molecule has 0 fully saturated rings. The standard InChI is InChI=1S/C15H24ClNO/c1-10(15(2,3)4)8-14(17)12-7-6-11(18-5)9-13(12)16/h6-7,9-10,14H,8,17H2,1-5H3. The topological polar surface area (TPSA) is 35.2 Å². The molecule has 1 rings (SSSR count). The lowest BCUT2D eigenvalue weighted by Gasteiger charge is -2.29. The van der Waals surface area contributed by atoms with Gasteiger partial charge in [0, 0.05) is 11.1 Å². The summed E-state index contributed by atoms with van der Waals surface area (Å²) >= 11 is 6.24. The van der Waals surface area contributed by atoms with Crippen LogP contribution in [0.4, 0.5) is 0 Å². The minimum absolute atomic E-state index is 0.0300. The number of hydrogen-bond acceptors (Lipinski definition) is 2. The summed E-state index contributed by atoms with van der Waals surface area (Å²) in [6.07, 6.45) is 0.926. The Bertz CT molecular complexity index is 398. The van der Waals surface area contributed by atoms with Gasteiger partial charge in [0.25, 0.3) is 0 Å². The van der Waals surface area contributed by atoms with Crippen LogP contribution in [0, 0.1) is 11.3 Å². The molecule has 1 aromatic rings. The minimum atomic E-state index is -0.0300. The van der Waals surface area contributed by atoms with Gasteiger partial charge in [-0.2, -0.15) is 0 Å². The van der Waals surface area contributed by atoms with Crippen molar-refractivity contribution in [3.8, 4) is 5.75 Å². The van der Waals surface area contributed by atoms with E-state index in [4.69, 9.17) is 22.1 Å². The smallest absolute Gasteiger partial charge is 0.120 e. The minimum Gasteiger partial charge on any atom is -0.497 e.